The van der Waals surface area contributed by atoms with Gasteiger partial charge in [-0.25, -0.2) is 0 Å². The molecule has 0 saturated carbocycles. The van der Waals surface area contributed by atoms with Crippen LogP contribution in [-0.4, -0.2) is 87.5 Å². The highest BCUT2D eigenvalue weighted by Crippen LogP contribution is 2.22. The molecular weight excluding hydrogens is 719 g/mol. The Labute approximate surface area is 345 Å². The van der Waals surface area contributed by atoms with Gasteiger partial charge in [-0.1, -0.05) is 155 Å². The van der Waals surface area contributed by atoms with E-state index >= 15 is 0 Å². The highest BCUT2D eigenvalue weighted by molar-refractivity contribution is 5.76. The number of allylic oxidation sites excluding steroid dienone is 18. The number of unbranched alkanes of at least 4 members (excludes halogenated alkanes) is 5. The number of amides is 1. The van der Waals surface area contributed by atoms with Crippen LogP contribution in [0.2, 0.25) is 0 Å². The summed E-state index contributed by atoms with van der Waals surface area (Å²) in [5, 5.41) is 53.7. The molecule has 0 aromatic carbocycles. The minimum atomic E-state index is -1.57. The van der Waals surface area contributed by atoms with E-state index in [-0.39, 0.29) is 18.9 Å². The molecule has 9 heteroatoms. The van der Waals surface area contributed by atoms with E-state index in [9.17, 15) is 30.3 Å². The Hall–Kier alpha value is -3.15. The number of aliphatic hydroxyl groups is 5. The van der Waals surface area contributed by atoms with Crippen LogP contribution in [0, 0.1) is 0 Å². The average Bonchev–Trinajstić information content (AvgIpc) is 3.21. The first kappa shape index (κ1) is 51.9. The van der Waals surface area contributed by atoms with Crippen molar-refractivity contribution < 1.29 is 39.8 Å². The van der Waals surface area contributed by atoms with Crippen molar-refractivity contribution >= 4 is 5.91 Å². The number of ether oxygens (including phenoxy) is 2. The van der Waals surface area contributed by atoms with Gasteiger partial charge in [-0.05, 0) is 77.0 Å². The number of hydrogen-bond acceptors (Lipinski definition) is 8. The van der Waals surface area contributed by atoms with Gasteiger partial charge in [0.15, 0.2) is 6.29 Å². The molecule has 0 aromatic heterocycles. The van der Waals surface area contributed by atoms with Crippen LogP contribution < -0.4 is 5.32 Å². The Morgan fingerprint density at radius 1 is 0.614 bits per heavy atom. The molecule has 9 nitrogen and oxygen atoms in total. The summed E-state index contributed by atoms with van der Waals surface area (Å²) in [6.07, 6.45) is 47.3. The van der Waals surface area contributed by atoms with Gasteiger partial charge in [-0.3, -0.25) is 4.79 Å². The Kier molecular flexibility index (Phi) is 33.8. The maximum atomic E-state index is 12.8. The van der Waals surface area contributed by atoms with E-state index in [0.717, 1.165) is 96.3 Å². The third-order valence-corrected chi connectivity index (χ3v) is 9.39. The molecule has 7 atom stereocenters. The van der Waals surface area contributed by atoms with Crippen molar-refractivity contribution in [2.24, 2.45) is 0 Å². The first-order valence-corrected chi connectivity index (χ1v) is 21.6. The average molecular weight is 796 g/mol. The van der Waals surface area contributed by atoms with E-state index in [0.29, 0.717) is 12.8 Å². The number of nitrogens with one attached hydrogen (secondary N) is 1. The zero-order chi connectivity index (χ0) is 41.6. The molecule has 6 N–H and O–H groups in total. The molecule has 0 spiro atoms. The van der Waals surface area contributed by atoms with Crippen LogP contribution in [0.15, 0.2) is 109 Å². The quantitative estimate of drug-likeness (QED) is 0.0286. The van der Waals surface area contributed by atoms with Crippen molar-refractivity contribution in [2.45, 2.75) is 172 Å². The van der Waals surface area contributed by atoms with Crippen molar-refractivity contribution in [1.82, 2.24) is 5.32 Å². The van der Waals surface area contributed by atoms with Crippen LogP contribution in [-0.2, 0) is 14.3 Å². The molecular formula is C48H77NO8. The standard InChI is InChI=1S/C48H77NO8/c1-3-5-7-9-10-11-12-13-14-15-16-17-18-19-20-21-22-23-24-25-26-27-28-29-30-31-32-34-36-38-44(52)49-41(42(51)37-35-33-8-6-4-2)40-56-48-47(55)46(54)45(53)43(39-50)57-48/h5,7,10-11,13-14,16-17,19-20,22-23,25-26,28-29,31-32,41-43,45-48,50-51,53-55H,3-4,6,8-9,12,15,18,21,24,27,30,33-40H2,1-2H3,(H,49,52)/b7-5-,11-10-,14-13-,17-16-,20-19-,23-22-,26-25-,29-28-,32-31-. The molecule has 7 unspecified atom stereocenters. The van der Waals surface area contributed by atoms with Gasteiger partial charge in [-0.2, -0.15) is 0 Å². The van der Waals surface area contributed by atoms with Crippen molar-refractivity contribution in [2.75, 3.05) is 13.2 Å². The Morgan fingerprint density at radius 2 is 1.07 bits per heavy atom. The van der Waals surface area contributed by atoms with E-state index in [1.165, 1.54) is 0 Å². The molecule has 1 aliphatic rings. The third-order valence-electron chi connectivity index (χ3n) is 9.39. The lowest BCUT2D eigenvalue weighted by Crippen LogP contribution is -2.60. The molecule has 57 heavy (non-hydrogen) atoms. The van der Waals surface area contributed by atoms with Gasteiger partial charge in [0.05, 0.1) is 25.4 Å². The summed E-state index contributed by atoms with van der Waals surface area (Å²) < 4.78 is 11.1. The Balaban J connectivity index is 2.25. The maximum Gasteiger partial charge on any atom is 0.220 e. The van der Waals surface area contributed by atoms with Crippen LogP contribution >= 0.6 is 0 Å². The first-order valence-electron chi connectivity index (χ1n) is 21.6. The molecule has 0 radical (unpaired) electrons. The van der Waals surface area contributed by atoms with E-state index in [4.69, 9.17) is 9.47 Å². The van der Waals surface area contributed by atoms with Gasteiger partial charge in [0, 0.05) is 6.42 Å². The molecule has 1 amide bonds. The largest absolute Gasteiger partial charge is 0.394 e. The first-order chi connectivity index (χ1) is 27.8. The third kappa shape index (κ3) is 28.0. The summed E-state index contributed by atoms with van der Waals surface area (Å²) in [4.78, 5) is 12.8. The van der Waals surface area contributed by atoms with E-state index < -0.39 is 49.5 Å². The van der Waals surface area contributed by atoms with Crippen LogP contribution in [0.1, 0.15) is 129 Å². The van der Waals surface area contributed by atoms with Crippen LogP contribution in [0.5, 0.6) is 0 Å². The minimum absolute atomic E-state index is 0.172. The smallest absolute Gasteiger partial charge is 0.220 e. The minimum Gasteiger partial charge on any atom is -0.394 e. The Bertz CT molecular complexity index is 1250. The van der Waals surface area contributed by atoms with Crippen molar-refractivity contribution in [1.29, 1.82) is 0 Å². The predicted molar refractivity (Wildman–Crippen MR) is 234 cm³/mol. The second kappa shape index (κ2) is 37.1. The zero-order valence-corrected chi connectivity index (χ0v) is 35.0. The fourth-order valence-electron chi connectivity index (χ4n) is 5.92. The van der Waals surface area contributed by atoms with Gasteiger partial charge in [0.2, 0.25) is 5.91 Å². The van der Waals surface area contributed by atoms with Gasteiger partial charge in [-0.15, -0.1) is 0 Å². The zero-order valence-electron chi connectivity index (χ0n) is 35.0. The summed E-state index contributed by atoms with van der Waals surface area (Å²) in [5.74, 6) is -0.216. The fourth-order valence-corrected chi connectivity index (χ4v) is 5.92. The highest BCUT2D eigenvalue weighted by atomic mass is 16.7. The molecule has 1 fully saturated rings. The Morgan fingerprint density at radius 3 is 1.53 bits per heavy atom. The molecule has 322 valence electrons. The summed E-state index contributed by atoms with van der Waals surface area (Å²) in [6, 6.07) is -0.753. The van der Waals surface area contributed by atoms with Crippen LogP contribution in [0.4, 0.5) is 0 Å². The SMILES string of the molecule is CC/C=C\C/C=C\C/C=C\C/C=C\C/C=C\C/C=C\C/C=C\C/C=C\C/C=C\CCCC(=O)NC(COC1OC(CO)C(O)C(O)C1O)C(O)CCCCCCC. The maximum absolute atomic E-state index is 12.8. The molecule has 0 bridgehead atoms. The summed E-state index contributed by atoms with van der Waals surface area (Å²) >= 11 is 0. The normalized spacial score (nSPS) is 22.1. The fraction of sp³-hybridized carbons (Fsp3) is 0.604. The van der Waals surface area contributed by atoms with E-state index in [1.54, 1.807) is 0 Å². The lowest BCUT2D eigenvalue weighted by Gasteiger charge is -2.40. The lowest BCUT2D eigenvalue weighted by molar-refractivity contribution is -0.302. The van der Waals surface area contributed by atoms with Gasteiger partial charge in [0.25, 0.3) is 0 Å². The van der Waals surface area contributed by atoms with Crippen molar-refractivity contribution in [3.8, 4) is 0 Å². The van der Waals surface area contributed by atoms with Crippen molar-refractivity contribution in [3.05, 3.63) is 109 Å². The van der Waals surface area contributed by atoms with E-state index in [2.05, 4.69) is 129 Å². The molecule has 0 aliphatic carbocycles. The number of hydrogen-bond donors (Lipinski definition) is 6. The highest BCUT2D eigenvalue weighted by Gasteiger charge is 2.44. The summed E-state index contributed by atoms with van der Waals surface area (Å²) in [6.45, 7) is 3.55. The summed E-state index contributed by atoms with van der Waals surface area (Å²) in [7, 11) is 0. The number of carbonyl (C=O) groups is 1. The van der Waals surface area contributed by atoms with E-state index in [1.807, 2.05) is 0 Å². The second-order valence-electron chi connectivity index (χ2n) is 14.4. The van der Waals surface area contributed by atoms with Crippen LogP contribution in [0.3, 0.4) is 0 Å². The van der Waals surface area contributed by atoms with Gasteiger partial charge >= 0.3 is 0 Å². The number of aliphatic hydroxyl groups excluding tert-OH is 5. The number of rotatable bonds is 33. The van der Waals surface area contributed by atoms with Crippen LogP contribution in [0.25, 0.3) is 0 Å². The van der Waals surface area contributed by atoms with Gasteiger partial charge < -0.3 is 40.3 Å². The van der Waals surface area contributed by atoms with Gasteiger partial charge in [0.1, 0.15) is 24.4 Å². The molecule has 1 heterocycles. The topological polar surface area (TPSA) is 149 Å². The molecule has 0 aromatic rings. The molecule has 1 rings (SSSR count). The molecule has 1 aliphatic heterocycles. The monoisotopic (exact) mass is 796 g/mol. The number of carbonyl (C=O) groups excluding carboxylic acids is 1. The lowest BCUT2D eigenvalue weighted by atomic mass is 9.99. The molecule has 1 saturated heterocycles. The summed E-state index contributed by atoms with van der Waals surface area (Å²) in [5.41, 5.74) is 0. The second-order valence-corrected chi connectivity index (χ2v) is 14.4. The predicted octanol–water partition coefficient (Wildman–Crippen LogP) is 8.72. The van der Waals surface area contributed by atoms with Crippen molar-refractivity contribution in [3.63, 3.8) is 0 Å².